The minimum absolute atomic E-state index is 0.369. The number of ketones is 1. The lowest BCUT2D eigenvalue weighted by atomic mass is 9.79. The van der Waals surface area contributed by atoms with Crippen molar-refractivity contribution in [2.24, 2.45) is 29.1 Å². The van der Waals surface area contributed by atoms with E-state index in [-0.39, 0.29) is 0 Å². The van der Waals surface area contributed by atoms with Crippen LogP contribution in [-0.4, -0.2) is 5.78 Å². The van der Waals surface area contributed by atoms with E-state index in [9.17, 15) is 4.79 Å². The van der Waals surface area contributed by atoms with Crippen LogP contribution in [0.3, 0.4) is 0 Å². The van der Waals surface area contributed by atoms with Gasteiger partial charge in [-0.1, -0.05) is 19.9 Å². The highest BCUT2D eigenvalue weighted by atomic mass is 16.1. The van der Waals surface area contributed by atoms with Gasteiger partial charge in [0.25, 0.3) is 0 Å². The molecule has 0 N–H and O–H groups in total. The van der Waals surface area contributed by atoms with Crippen LogP contribution in [0.25, 0.3) is 0 Å². The number of hydrogen-bond donors (Lipinski definition) is 0. The molecule has 13 heavy (non-hydrogen) atoms. The third-order valence-electron chi connectivity index (χ3n) is 4.82. The number of carbonyl (C=O) groups is 1. The van der Waals surface area contributed by atoms with Crippen LogP contribution >= 0.6 is 0 Å². The van der Waals surface area contributed by atoms with Gasteiger partial charge in [-0.2, -0.15) is 0 Å². The van der Waals surface area contributed by atoms with Crippen molar-refractivity contribution in [3.8, 4) is 0 Å². The number of allylic oxidation sites excluding steroid dienone is 2. The van der Waals surface area contributed by atoms with Gasteiger partial charge in [0.15, 0.2) is 5.78 Å². The fourth-order valence-corrected chi connectivity index (χ4v) is 4.19. The maximum atomic E-state index is 11.6. The predicted octanol–water partition coefficient (Wildman–Crippen LogP) is 2.42. The first-order valence-electron chi connectivity index (χ1n) is 5.34. The second kappa shape index (κ2) is 2.08. The molecule has 2 fully saturated rings. The SMILES string of the molecule is CC1(C)[C@@H]2CC[C@H]1[C@@H]1C(=O)C=C[C@@H]12. The summed E-state index contributed by atoms with van der Waals surface area (Å²) < 4.78 is 0. The third kappa shape index (κ3) is 0.722. The summed E-state index contributed by atoms with van der Waals surface area (Å²) in [5.41, 5.74) is 0.426. The van der Waals surface area contributed by atoms with E-state index in [2.05, 4.69) is 19.9 Å². The molecule has 0 aromatic heterocycles. The van der Waals surface area contributed by atoms with Crippen molar-refractivity contribution in [2.45, 2.75) is 26.7 Å². The monoisotopic (exact) mass is 176 g/mol. The molecule has 0 aliphatic heterocycles. The van der Waals surface area contributed by atoms with Crippen LogP contribution < -0.4 is 0 Å². The molecular formula is C12H16O. The topological polar surface area (TPSA) is 17.1 Å². The molecule has 3 rings (SSSR count). The normalized spacial score (nSPS) is 50.2. The summed E-state index contributed by atoms with van der Waals surface area (Å²) in [6.07, 6.45) is 6.64. The van der Waals surface area contributed by atoms with Crippen molar-refractivity contribution in [1.82, 2.24) is 0 Å². The van der Waals surface area contributed by atoms with Crippen molar-refractivity contribution in [2.75, 3.05) is 0 Å². The molecule has 2 bridgehead atoms. The largest absolute Gasteiger partial charge is 0.295 e. The molecular weight excluding hydrogens is 160 g/mol. The van der Waals surface area contributed by atoms with E-state index in [1.807, 2.05) is 6.08 Å². The van der Waals surface area contributed by atoms with Crippen molar-refractivity contribution in [3.05, 3.63) is 12.2 Å². The zero-order valence-electron chi connectivity index (χ0n) is 8.29. The Bertz CT molecular complexity index is 300. The highest BCUT2D eigenvalue weighted by Gasteiger charge is 2.61. The molecule has 0 radical (unpaired) electrons. The van der Waals surface area contributed by atoms with Crippen LogP contribution in [0.2, 0.25) is 0 Å². The Labute approximate surface area is 79.2 Å². The lowest BCUT2D eigenvalue weighted by molar-refractivity contribution is -0.119. The van der Waals surface area contributed by atoms with Crippen molar-refractivity contribution in [1.29, 1.82) is 0 Å². The molecule has 0 amide bonds. The van der Waals surface area contributed by atoms with Gasteiger partial charge in [0.2, 0.25) is 0 Å². The fourth-order valence-electron chi connectivity index (χ4n) is 4.19. The molecule has 1 nitrogen and oxygen atoms in total. The van der Waals surface area contributed by atoms with Crippen LogP contribution in [0.5, 0.6) is 0 Å². The zero-order valence-corrected chi connectivity index (χ0v) is 8.29. The Morgan fingerprint density at radius 3 is 2.69 bits per heavy atom. The van der Waals surface area contributed by atoms with Gasteiger partial charge in [-0.25, -0.2) is 0 Å². The molecule has 0 aromatic rings. The Hall–Kier alpha value is -0.590. The van der Waals surface area contributed by atoms with Gasteiger partial charge in [-0.3, -0.25) is 4.79 Å². The number of carbonyl (C=O) groups excluding carboxylic acids is 1. The molecule has 2 saturated carbocycles. The Balaban J connectivity index is 2.07. The van der Waals surface area contributed by atoms with Crippen molar-refractivity contribution < 1.29 is 4.79 Å². The molecule has 1 heteroatoms. The molecule has 0 unspecified atom stereocenters. The first-order valence-corrected chi connectivity index (χ1v) is 5.34. The van der Waals surface area contributed by atoms with Gasteiger partial charge in [-0.05, 0) is 42.1 Å². The highest BCUT2D eigenvalue weighted by molar-refractivity contribution is 5.95. The number of hydrogen-bond acceptors (Lipinski definition) is 1. The quantitative estimate of drug-likeness (QED) is 0.554. The summed E-state index contributed by atoms with van der Waals surface area (Å²) in [7, 11) is 0. The molecule has 70 valence electrons. The summed E-state index contributed by atoms with van der Waals surface area (Å²) in [5, 5.41) is 0. The van der Waals surface area contributed by atoms with Crippen LogP contribution in [0.4, 0.5) is 0 Å². The highest BCUT2D eigenvalue weighted by Crippen LogP contribution is 2.64. The van der Waals surface area contributed by atoms with E-state index < -0.39 is 0 Å². The maximum Gasteiger partial charge on any atom is 0.159 e. The van der Waals surface area contributed by atoms with Gasteiger partial charge < -0.3 is 0 Å². The van der Waals surface area contributed by atoms with Crippen molar-refractivity contribution in [3.63, 3.8) is 0 Å². The van der Waals surface area contributed by atoms with Crippen molar-refractivity contribution >= 4 is 5.78 Å². The smallest absolute Gasteiger partial charge is 0.159 e. The average molecular weight is 176 g/mol. The van der Waals surface area contributed by atoms with E-state index >= 15 is 0 Å². The minimum atomic E-state index is 0.369. The zero-order chi connectivity index (χ0) is 9.22. The molecule has 4 atom stereocenters. The Morgan fingerprint density at radius 1 is 1.31 bits per heavy atom. The fraction of sp³-hybridized carbons (Fsp3) is 0.750. The lowest BCUT2D eigenvalue weighted by Gasteiger charge is -2.25. The third-order valence-corrected chi connectivity index (χ3v) is 4.82. The second-order valence-electron chi connectivity index (χ2n) is 5.48. The minimum Gasteiger partial charge on any atom is -0.295 e. The van der Waals surface area contributed by atoms with E-state index in [1.165, 1.54) is 12.8 Å². The van der Waals surface area contributed by atoms with E-state index in [0.29, 0.717) is 29.0 Å². The average Bonchev–Trinajstić information content (AvgIpc) is 2.63. The molecule has 0 aromatic carbocycles. The van der Waals surface area contributed by atoms with Gasteiger partial charge in [0.05, 0.1) is 0 Å². The predicted molar refractivity (Wildman–Crippen MR) is 51.1 cm³/mol. The Kier molecular flexibility index (Phi) is 1.24. The second-order valence-corrected chi connectivity index (χ2v) is 5.48. The number of rotatable bonds is 0. The molecule has 0 spiro atoms. The first kappa shape index (κ1) is 7.78. The summed E-state index contributed by atoms with van der Waals surface area (Å²) in [6.45, 7) is 4.71. The summed E-state index contributed by atoms with van der Waals surface area (Å²) in [5.74, 6) is 2.83. The van der Waals surface area contributed by atoms with E-state index in [0.717, 1.165) is 5.92 Å². The molecule has 3 aliphatic rings. The summed E-state index contributed by atoms with van der Waals surface area (Å²) in [6, 6.07) is 0. The molecule has 0 heterocycles. The van der Waals surface area contributed by atoms with Gasteiger partial charge >= 0.3 is 0 Å². The Morgan fingerprint density at radius 2 is 2.00 bits per heavy atom. The summed E-state index contributed by atoms with van der Waals surface area (Å²) in [4.78, 5) is 11.6. The molecule has 3 aliphatic carbocycles. The first-order chi connectivity index (χ1) is 6.12. The standard InChI is InChI=1S/C12H16O/c1-12(2)8-4-5-9(12)11-7(8)3-6-10(11)13/h3,6-9,11H,4-5H2,1-2H3/t7-,8-,9+,11-/m1/s1. The van der Waals surface area contributed by atoms with Crippen LogP contribution in [0, 0.1) is 29.1 Å². The van der Waals surface area contributed by atoms with Crippen LogP contribution in [-0.2, 0) is 4.79 Å². The van der Waals surface area contributed by atoms with Crippen LogP contribution in [0.1, 0.15) is 26.7 Å². The van der Waals surface area contributed by atoms with Crippen LogP contribution in [0.15, 0.2) is 12.2 Å². The number of fused-ring (bicyclic) bond motifs is 5. The maximum absolute atomic E-state index is 11.6. The van der Waals surface area contributed by atoms with E-state index in [4.69, 9.17) is 0 Å². The van der Waals surface area contributed by atoms with E-state index in [1.54, 1.807) is 0 Å². The van der Waals surface area contributed by atoms with Gasteiger partial charge in [0.1, 0.15) is 0 Å². The molecule has 0 saturated heterocycles. The summed E-state index contributed by atoms with van der Waals surface area (Å²) >= 11 is 0. The van der Waals surface area contributed by atoms with Gasteiger partial charge in [0, 0.05) is 5.92 Å². The van der Waals surface area contributed by atoms with Gasteiger partial charge in [-0.15, -0.1) is 0 Å². The lowest BCUT2D eigenvalue weighted by Crippen LogP contribution is -2.23.